The second-order valence-corrected chi connectivity index (χ2v) is 5.67. The molecule has 2 aromatic rings. The van der Waals surface area contributed by atoms with E-state index in [-0.39, 0.29) is 29.2 Å². The van der Waals surface area contributed by atoms with Gasteiger partial charge in [0.25, 0.3) is 0 Å². The SMILES string of the molecule is CCCOC(=O)c1cc(/C=N/N=C/c2ccc(O)c(C(=O)OC)c2)ccc1O. The standard InChI is InChI=1S/C20H20N2O6/c1-3-8-28-20(26)16-10-14(5-7-18(16)24)12-22-21-11-13-4-6-17(23)15(9-13)19(25)27-2/h4-7,9-12,23-24H,3,8H2,1-2H3/b21-11+,22-12+. The number of nitrogens with zero attached hydrogens (tertiary/aromatic N) is 2. The van der Waals surface area contributed by atoms with Crippen LogP contribution in [0.25, 0.3) is 0 Å². The molecule has 8 heteroatoms. The molecule has 0 aliphatic carbocycles. The van der Waals surface area contributed by atoms with E-state index in [9.17, 15) is 19.8 Å². The molecule has 0 bridgehead atoms. The van der Waals surface area contributed by atoms with Gasteiger partial charge in [0, 0.05) is 0 Å². The highest BCUT2D eigenvalue weighted by Gasteiger charge is 2.13. The second kappa shape index (κ2) is 9.86. The van der Waals surface area contributed by atoms with Crippen molar-refractivity contribution < 1.29 is 29.3 Å². The fraction of sp³-hybridized carbons (Fsp3) is 0.200. The quantitative estimate of drug-likeness (QED) is 0.430. The minimum Gasteiger partial charge on any atom is -0.507 e. The van der Waals surface area contributed by atoms with Crippen molar-refractivity contribution >= 4 is 24.4 Å². The van der Waals surface area contributed by atoms with Crippen LogP contribution in [0, 0.1) is 0 Å². The lowest BCUT2D eigenvalue weighted by atomic mass is 10.1. The summed E-state index contributed by atoms with van der Waals surface area (Å²) in [5.74, 6) is -1.65. The number of aromatic hydroxyl groups is 2. The number of carbonyl (C=O) groups is 2. The molecule has 0 spiro atoms. The molecule has 0 atom stereocenters. The first kappa shape index (κ1) is 20.6. The van der Waals surface area contributed by atoms with Crippen molar-refractivity contribution in [1.29, 1.82) is 0 Å². The summed E-state index contributed by atoms with van der Waals surface area (Å²) in [4.78, 5) is 23.5. The number of carbonyl (C=O) groups excluding carboxylic acids is 2. The summed E-state index contributed by atoms with van der Waals surface area (Å²) in [5, 5.41) is 27.2. The molecule has 2 aromatic carbocycles. The molecule has 0 saturated heterocycles. The van der Waals surface area contributed by atoms with Crippen molar-refractivity contribution in [2.75, 3.05) is 13.7 Å². The van der Waals surface area contributed by atoms with E-state index in [1.807, 2.05) is 6.92 Å². The first-order valence-electron chi connectivity index (χ1n) is 8.44. The lowest BCUT2D eigenvalue weighted by Gasteiger charge is -2.05. The minimum absolute atomic E-state index is 0.0178. The van der Waals surface area contributed by atoms with E-state index in [4.69, 9.17) is 4.74 Å². The maximum Gasteiger partial charge on any atom is 0.341 e. The van der Waals surface area contributed by atoms with E-state index in [2.05, 4.69) is 14.9 Å². The van der Waals surface area contributed by atoms with Crippen LogP contribution in [0.1, 0.15) is 45.2 Å². The number of rotatable bonds is 7. The van der Waals surface area contributed by atoms with Crippen LogP contribution in [0.15, 0.2) is 46.6 Å². The van der Waals surface area contributed by atoms with Gasteiger partial charge in [-0.15, -0.1) is 0 Å². The molecule has 0 heterocycles. The van der Waals surface area contributed by atoms with Gasteiger partial charge >= 0.3 is 11.9 Å². The highest BCUT2D eigenvalue weighted by atomic mass is 16.5. The number of benzene rings is 2. The fourth-order valence-corrected chi connectivity index (χ4v) is 2.18. The molecule has 0 aromatic heterocycles. The van der Waals surface area contributed by atoms with Crippen LogP contribution in [0.3, 0.4) is 0 Å². The summed E-state index contributed by atoms with van der Waals surface area (Å²) < 4.78 is 9.60. The van der Waals surface area contributed by atoms with Crippen molar-refractivity contribution in [2.45, 2.75) is 13.3 Å². The third-order valence-electron chi connectivity index (χ3n) is 3.58. The summed E-state index contributed by atoms with van der Waals surface area (Å²) in [7, 11) is 1.22. The molecule has 2 N–H and O–H groups in total. The highest BCUT2D eigenvalue weighted by Crippen LogP contribution is 2.20. The lowest BCUT2D eigenvalue weighted by Crippen LogP contribution is -2.06. The molecule has 0 aliphatic heterocycles. The zero-order chi connectivity index (χ0) is 20.5. The number of phenols is 2. The molecule has 0 saturated carbocycles. The van der Waals surface area contributed by atoms with Crippen LogP contribution in [-0.4, -0.2) is 48.3 Å². The Kier molecular flexibility index (Phi) is 7.27. The van der Waals surface area contributed by atoms with Crippen LogP contribution in [0.4, 0.5) is 0 Å². The van der Waals surface area contributed by atoms with Gasteiger partial charge in [0.1, 0.15) is 22.6 Å². The molecule has 0 amide bonds. The number of methoxy groups -OCH3 is 1. The van der Waals surface area contributed by atoms with Gasteiger partial charge in [0.15, 0.2) is 0 Å². The van der Waals surface area contributed by atoms with Gasteiger partial charge in [-0.05, 0) is 53.9 Å². The minimum atomic E-state index is -0.664. The largest absolute Gasteiger partial charge is 0.507 e. The first-order chi connectivity index (χ1) is 13.5. The molecular formula is C20H20N2O6. The van der Waals surface area contributed by atoms with Gasteiger partial charge in [0.05, 0.1) is 26.1 Å². The molecule has 0 radical (unpaired) electrons. The smallest absolute Gasteiger partial charge is 0.341 e. The molecule has 28 heavy (non-hydrogen) atoms. The monoisotopic (exact) mass is 384 g/mol. The van der Waals surface area contributed by atoms with Crippen molar-refractivity contribution in [2.24, 2.45) is 10.2 Å². The molecule has 0 aliphatic rings. The van der Waals surface area contributed by atoms with Crippen LogP contribution in [0.5, 0.6) is 11.5 Å². The van der Waals surface area contributed by atoms with Crippen molar-refractivity contribution in [1.82, 2.24) is 0 Å². The van der Waals surface area contributed by atoms with E-state index in [0.717, 1.165) is 0 Å². The van der Waals surface area contributed by atoms with Gasteiger partial charge in [-0.2, -0.15) is 10.2 Å². The van der Waals surface area contributed by atoms with Gasteiger partial charge < -0.3 is 19.7 Å². The van der Waals surface area contributed by atoms with Gasteiger partial charge in [-0.25, -0.2) is 9.59 Å². The molecule has 8 nitrogen and oxygen atoms in total. The summed E-state index contributed by atoms with van der Waals surface area (Å²) in [6.45, 7) is 2.14. The fourth-order valence-electron chi connectivity index (χ4n) is 2.18. The third kappa shape index (κ3) is 5.41. The normalized spacial score (nSPS) is 11.1. The third-order valence-corrected chi connectivity index (χ3v) is 3.58. The Balaban J connectivity index is 2.12. The van der Waals surface area contributed by atoms with E-state index < -0.39 is 11.9 Å². The Morgan fingerprint density at radius 3 is 1.89 bits per heavy atom. The van der Waals surface area contributed by atoms with Crippen LogP contribution < -0.4 is 0 Å². The Bertz CT molecular complexity index is 921. The zero-order valence-corrected chi connectivity index (χ0v) is 15.5. The molecular weight excluding hydrogens is 364 g/mol. The van der Waals surface area contributed by atoms with E-state index in [1.165, 1.54) is 43.8 Å². The van der Waals surface area contributed by atoms with Crippen LogP contribution in [0.2, 0.25) is 0 Å². The Hall–Kier alpha value is -3.68. The van der Waals surface area contributed by atoms with Crippen LogP contribution in [-0.2, 0) is 9.47 Å². The number of hydrogen-bond donors (Lipinski definition) is 2. The van der Waals surface area contributed by atoms with E-state index in [1.54, 1.807) is 12.1 Å². The number of phenolic OH excluding ortho intramolecular Hbond substituents is 2. The average Bonchev–Trinajstić information content (AvgIpc) is 2.70. The summed E-state index contributed by atoms with van der Waals surface area (Å²) in [6, 6.07) is 8.72. The maximum atomic E-state index is 11.9. The topological polar surface area (TPSA) is 118 Å². The first-order valence-corrected chi connectivity index (χ1v) is 8.44. The Morgan fingerprint density at radius 1 is 0.929 bits per heavy atom. The summed E-state index contributed by atoms with van der Waals surface area (Å²) in [5.41, 5.74) is 1.14. The van der Waals surface area contributed by atoms with Crippen molar-refractivity contribution in [3.05, 3.63) is 58.7 Å². The number of esters is 2. The Labute approximate surface area is 161 Å². The zero-order valence-electron chi connectivity index (χ0n) is 15.5. The second-order valence-electron chi connectivity index (χ2n) is 5.67. The van der Waals surface area contributed by atoms with Crippen LogP contribution >= 0.6 is 0 Å². The van der Waals surface area contributed by atoms with Gasteiger partial charge in [-0.3, -0.25) is 0 Å². The van der Waals surface area contributed by atoms with E-state index >= 15 is 0 Å². The summed E-state index contributed by atoms with van der Waals surface area (Å²) >= 11 is 0. The van der Waals surface area contributed by atoms with Gasteiger partial charge in [0.2, 0.25) is 0 Å². The van der Waals surface area contributed by atoms with E-state index in [0.29, 0.717) is 17.5 Å². The molecule has 146 valence electrons. The lowest BCUT2D eigenvalue weighted by molar-refractivity contribution is 0.0501. The van der Waals surface area contributed by atoms with Crippen molar-refractivity contribution in [3.8, 4) is 11.5 Å². The molecule has 2 rings (SSSR count). The Morgan fingerprint density at radius 2 is 1.43 bits per heavy atom. The maximum absolute atomic E-state index is 11.9. The molecule has 0 unspecified atom stereocenters. The highest BCUT2D eigenvalue weighted by molar-refractivity contribution is 5.96. The number of ether oxygens (including phenoxy) is 2. The predicted molar refractivity (Wildman–Crippen MR) is 103 cm³/mol. The molecule has 0 fully saturated rings. The predicted octanol–water partition coefficient (Wildman–Crippen LogP) is 2.90. The average molecular weight is 384 g/mol. The summed E-state index contributed by atoms with van der Waals surface area (Å²) in [6.07, 6.45) is 3.46. The van der Waals surface area contributed by atoms with Crippen molar-refractivity contribution in [3.63, 3.8) is 0 Å². The number of hydrogen-bond acceptors (Lipinski definition) is 8. The van der Waals surface area contributed by atoms with Gasteiger partial charge in [-0.1, -0.05) is 6.92 Å².